The highest BCUT2D eigenvalue weighted by Crippen LogP contribution is 2.14. The first-order valence-electron chi connectivity index (χ1n) is 7.08. The highest BCUT2D eigenvalue weighted by Gasteiger charge is 2.38. The summed E-state index contributed by atoms with van der Waals surface area (Å²) >= 11 is 1.29. The van der Waals surface area contributed by atoms with Crippen LogP contribution in [0.1, 0.15) is 11.3 Å². The van der Waals surface area contributed by atoms with Crippen LogP contribution in [0.5, 0.6) is 0 Å². The van der Waals surface area contributed by atoms with Crippen LogP contribution in [0.2, 0.25) is 0 Å². The van der Waals surface area contributed by atoms with Crippen LogP contribution in [0.25, 0.3) is 0 Å². The lowest BCUT2D eigenvalue weighted by Crippen LogP contribution is -2.21. The van der Waals surface area contributed by atoms with Gasteiger partial charge >= 0.3 is 18.1 Å². The van der Waals surface area contributed by atoms with E-state index >= 15 is 0 Å². The van der Waals surface area contributed by atoms with Crippen molar-refractivity contribution >= 4 is 40.0 Å². The zero-order valence-corrected chi connectivity index (χ0v) is 14.3. The van der Waals surface area contributed by atoms with Crippen LogP contribution >= 0.6 is 11.3 Å². The van der Waals surface area contributed by atoms with Crippen molar-refractivity contribution in [3.05, 3.63) is 40.9 Å². The molecule has 2 rings (SSSR count). The number of thiazole rings is 1. The molecule has 1 amide bonds. The molecule has 1 heterocycles. The number of nitrogens with zero attached hydrogens (tertiary/aromatic N) is 1. The van der Waals surface area contributed by atoms with E-state index in [1.54, 1.807) is 29.6 Å². The lowest BCUT2D eigenvalue weighted by Gasteiger charge is -2.05. The molecule has 12 heteroatoms. The first kappa shape index (κ1) is 21.9. The van der Waals surface area contributed by atoms with Gasteiger partial charge in [0.05, 0.1) is 18.5 Å². The number of aromatic nitrogens is 1. The largest absolute Gasteiger partial charge is 0.490 e. The number of amides is 1. The maximum atomic E-state index is 11.8. The third kappa shape index (κ3) is 8.67. The molecule has 0 saturated heterocycles. The van der Waals surface area contributed by atoms with Crippen molar-refractivity contribution in [1.82, 2.24) is 4.98 Å². The van der Waals surface area contributed by atoms with Gasteiger partial charge in [0.1, 0.15) is 0 Å². The number of carboxylic acid groups (broad SMARTS) is 2. The number of anilines is 2. The number of nitrogens with one attached hydrogen (secondary N) is 1. The second-order valence-corrected chi connectivity index (χ2v) is 5.86. The van der Waals surface area contributed by atoms with Gasteiger partial charge in [-0.25, -0.2) is 9.78 Å². The van der Waals surface area contributed by atoms with Gasteiger partial charge in [-0.1, -0.05) is 12.1 Å². The number of alkyl halides is 3. The molecule has 0 atom stereocenters. The smallest absolute Gasteiger partial charge is 0.481 e. The van der Waals surface area contributed by atoms with E-state index in [1.165, 1.54) is 11.3 Å². The number of hydrogen-bond acceptors (Lipinski definition) is 6. The van der Waals surface area contributed by atoms with E-state index in [2.05, 4.69) is 10.3 Å². The summed E-state index contributed by atoms with van der Waals surface area (Å²) in [6.07, 6.45) is -4.96. The van der Waals surface area contributed by atoms with Crippen LogP contribution in [0, 0.1) is 0 Å². The molecule has 146 valence electrons. The fourth-order valence-electron chi connectivity index (χ4n) is 1.65. The number of rotatable bonds is 5. The molecule has 1 aromatic carbocycles. The number of hydrogen-bond donors (Lipinski definition) is 4. The number of halogens is 3. The minimum Gasteiger partial charge on any atom is -0.481 e. The van der Waals surface area contributed by atoms with Crippen LogP contribution in [-0.4, -0.2) is 39.2 Å². The summed E-state index contributed by atoms with van der Waals surface area (Å²) in [6, 6.07) is 6.69. The molecule has 5 N–H and O–H groups in total. The summed E-state index contributed by atoms with van der Waals surface area (Å²) < 4.78 is 31.7. The van der Waals surface area contributed by atoms with Crippen molar-refractivity contribution in [2.24, 2.45) is 0 Å². The van der Waals surface area contributed by atoms with Gasteiger partial charge in [0.15, 0.2) is 5.13 Å². The molecule has 0 fully saturated rings. The van der Waals surface area contributed by atoms with E-state index in [0.29, 0.717) is 22.1 Å². The van der Waals surface area contributed by atoms with Gasteiger partial charge in [-0.05, 0) is 17.7 Å². The Bertz CT molecular complexity index is 806. The lowest BCUT2D eigenvalue weighted by atomic mass is 10.1. The fourth-order valence-corrected chi connectivity index (χ4v) is 2.22. The molecule has 0 unspecified atom stereocenters. The molecule has 27 heavy (non-hydrogen) atoms. The summed E-state index contributed by atoms with van der Waals surface area (Å²) in [6.45, 7) is 0. The molecule has 0 saturated carbocycles. The number of aliphatic carboxylic acids is 2. The maximum absolute atomic E-state index is 11.8. The van der Waals surface area contributed by atoms with Crippen LogP contribution < -0.4 is 11.1 Å². The Morgan fingerprint density at radius 3 is 2.07 bits per heavy atom. The SMILES string of the molecule is Nc1nc(CC(=O)Nc2ccc(CC(=O)O)cc2)cs1.O=C(O)C(F)(F)F. The molecular formula is C15H14F3N3O5S. The van der Waals surface area contributed by atoms with Gasteiger partial charge in [-0.15, -0.1) is 11.3 Å². The highest BCUT2D eigenvalue weighted by molar-refractivity contribution is 7.13. The van der Waals surface area contributed by atoms with Crippen molar-refractivity contribution < 1.29 is 37.8 Å². The predicted octanol–water partition coefficient (Wildman–Crippen LogP) is 2.17. The standard InChI is InChI=1S/C13H13N3O3S.C2HF3O2/c14-13-16-10(7-20-13)6-11(17)15-9-3-1-8(2-4-9)5-12(18)19;3-2(4,5)1(6)7/h1-4,7H,5-6H2,(H2,14,16)(H,15,17)(H,18,19);(H,6,7). The third-order valence-electron chi connectivity index (χ3n) is 2.75. The number of benzene rings is 1. The van der Waals surface area contributed by atoms with Gasteiger partial charge < -0.3 is 21.3 Å². The van der Waals surface area contributed by atoms with Gasteiger partial charge in [0.2, 0.25) is 5.91 Å². The first-order valence-corrected chi connectivity index (χ1v) is 7.96. The monoisotopic (exact) mass is 405 g/mol. The number of nitrogens with two attached hydrogens (primary N) is 1. The van der Waals surface area contributed by atoms with E-state index in [0.717, 1.165) is 0 Å². The number of nitrogen functional groups attached to an aromatic ring is 1. The van der Waals surface area contributed by atoms with Gasteiger partial charge in [0, 0.05) is 11.1 Å². The number of carboxylic acids is 2. The van der Waals surface area contributed by atoms with E-state index in [9.17, 15) is 22.8 Å². The Hall–Kier alpha value is -3.15. The number of carbonyl (C=O) groups is 3. The average Bonchev–Trinajstić information content (AvgIpc) is 2.93. The first-order chi connectivity index (χ1) is 12.5. The Morgan fingerprint density at radius 2 is 1.67 bits per heavy atom. The molecular weight excluding hydrogens is 391 g/mol. The van der Waals surface area contributed by atoms with Gasteiger partial charge in [-0.3, -0.25) is 9.59 Å². The predicted molar refractivity (Wildman–Crippen MR) is 90.3 cm³/mol. The third-order valence-corrected chi connectivity index (χ3v) is 3.47. The minimum absolute atomic E-state index is 0.0354. The molecule has 2 aromatic rings. The van der Waals surface area contributed by atoms with Crippen LogP contribution in [0.4, 0.5) is 24.0 Å². The van der Waals surface area contributed by atoms with Crippen molar-refractivity contribution in [2.75, 3.05) is 11.1 Å². The fraction of sp³-hybridized carbons (Fsp3) is 0.200. The van der Waals surface area contributed by atoms with E-state index in [4.69, 9.17) is 20.7 Å². The zero-order chi connectivity index (χ0) is 20.6. The second kappa shape index (κ2) is 9.52. The molecule has 0 radical (unpaired) electrons. The number of carbonyl (C=O) groups excluding carboxylic acids is 1. The molecule has 8 nitrogen and oxygen atoms in total. The average molecular weight is 405 g/mol. The van der Waals surface area contributed by atoms with E-state index < -0.39 is 18.1 Å². The topological polar surface area (TPSA) is 143 Å². The molecule has 0 aliphatic heterocycles. The molecule has 1 aromatic heterocycles. The quantitative estimate of drug-likeness (QED) is 0.597. The van der Waals surface area contributed by atoms with Crippen molar-refractivity contribution in [3.8, 4) is 0 Å². The Labute approximate surface area is 154 Å². The van der Waals surface area contributed by atoms with Gasteiger partial charge in [0.25, 0.3) is 0 Å². The molecule has 0 bridgehead atoms. The van der Waals surface area contributed by atoms with Crippen LogP contribution in [0.3, 0.4) is 0 Å². The summed E-state index contributed by atoms with van der Waals surface area (Å²) in [7, 11) is 0. The summed E-state index contributed by atoms with van der Waals surface area (Å²) in [4.78, 5) is 35.2. The molecule has 0 aliphatic rings. The van der Waals surface area contributed by atoms with E-state index in [1.807, 2.05) is 0 Å². The lowest BCUT2D eigenvalue weighted by molar-refractivity contribution is -0.192. The van der Waals surface area contributed by atoms with Crippen LogP contribution in [-0.2, 0) is 27.2 Å². The summed E-state index contributed by atoms with van der Waals surface area (Å²) in [5.41, 5.74) is 7.42. The van der Waals surface area contributed by atoms with Crippen molar-refractivity contribution in [2.45, 2.75) is 19.0 Å². The molecule has 0 spiro atoms. The minimum atomic E-state index is -5.08. The second-order valence-electron chi connectivity index (χ2n) is 4.97. The normalized spacial score (nSPS) is 10.5. The van der Waals surface area contributed by atoms with Crippen LogP contribution in [0.15, 0.2) is 29.6 Å². The maximum Gasteiger partial charge on any atom is 0.490 e. The highest BCUT2D eigenvalue weighted by atomic mass is 32.1. The Balaban J connectivity index is 0.000000445. The summed E-state index contributed by atoms with van der Waals surface area (Å²) in [5, 5.41) is 20.7. The zero-order valence-electron chi connectivity index (χ0n) is 13.5. The molecule has 0 aliphatic carbocycles. The van der Waals surface area contributed by atoms with Crippen molar-refractivity contribution in [3.63, 3.8) is 0 Å². The van der Waals surface area contributed by atoms with Crippen molar-refractivity contribution in [1.29, 1.82) is 0 Å². The Kier molecular flexibility index (Phi) is 7.72. The van der Waals surface area contributed by atoms with E-state index in [-0.39, 0.29) is 18.7 Å². The Morgan fingerprint density at radius 1 is 1.11 bits per heavy atom. The van der Waals surface area contributed by atoms with Gasteiger partial charge in [-0.2, -0.15) is 13.2 Å². The summed E-state index contributed by atoms with van der Waals surface area (Å²) in [5.74, 6) is -3.84.